The first-order chi connectivity index (χ1) is 13.6. The topological polar surface area (TPSA) is 68.5 Å². The summed E-state index contributed by atoms with van der Waals surface area (Å²) in [4.78, 5) is 18.8. The average Bonchev–Trinajstić information content (AvgIpc) is 3.17. The lowest BCUT2D eigenvalue weighted by Gasteiger charge is -2.19. The number of amides is 1. The number of carbonyl (C=O) groups is 1. The number of aryl methyl sites for hydroxylation is 1. The Hall–Kier alpha value is -3.41. The highest BCUT2D eigenvalue weighted by Gasteiger charge is 2.17. The van der Waals surface area contributed by atoms with Gasteiger partial charge in [0.05, 0.1) is 13.5 Å². The molecule has 0 N–H and O–H groups in total. The molecule has 1 amide bonds. The van der Waals surface area contributed by atoms with Crippen molar-refractivity contribution in [3.8, 4) is 17.1 Å². The summed E-state index contributed by atoms with van der Waals surface area (Å²) < 4.78 is 10.5. The summed E-state index contributed by atoms with van der Waals surface area (Å²) in [7, 11) is 1.61. The zero-order valence-electron chi connectivity index (χ0n) is 16.1. The molecule has 0 aliphatic rings. The first-order valence-corrected chi connectivity index (χ1v) is 9.00. The van der Waals surface area contributed by atoms with E-state index in [1.54, 1.807) is 18.1 Å². The van der Waals surface area contributed by atoms with Gasteiger partial charge in [0.1, 0.15) is 12.3 Å². The molecular formula is C22H23N3O3. The van der Waals surface area contributed by atoms with Crippen molar-refractivity contribution in [1.29, 1.82) is 0 Å². The summed E-state index contributed by atoms with van der Waals surface area (Å²) in [6.45, 7) is 6.38. The van der Waals surface area contributed by atoms with Crippen LogP contribution in [0.1, 0.15) is 17.0 Å². The van der Waals surface area contributed by atoms with Gasteiger partial charge in [-0.2, -0.15) is 4.98 Å². The van der Waals surface area contributed by atoms with Crippen LogP contribution in [0.25, 0.3) is 11.4 Å². The molecule has 0 atom stereocenters. The van der Waals surface area contributed by atoms with Crippen LogP contribution in [0.4, 0.5) is 0 Å². The molecule has 144 valence electrons. The summed E-state index contributed by atoms with van der Waals surface area (Å²) in [6.07, 6.45) is 1.96. The van der Waals surface area contributed by atoms with Gasteiger partial charge >= 0.3 is 0 Å². The van der Waals surface area contributed by atoms with E-state index in [2.05, 4.69) is 16.7 Å². The van der Waals surface area contributed by atoms with Crippen LogP contribution >= 0.6 is 0 Å². The van der Waals surface area contributed by atoms with Crippen molar-refractivity contribution in [3.05, 3.63) is 78.2 Å². The molecule has 6 heteroatoms. The Morgan fingerprint density at radius 1 is 1.25 bits per heavy atom. The molecule has 0 fully saturated rings. The second-order valence-corrected chi connectivity index (χ2v) is 6.47. The number of methoxy groups -OCH3 is 1. The molecule has 0 saturated heterocycles. The van der Waals surface area contributed by atoms with Crippen molar-refractivity contribution in [3.63, 3.8) is 0 Å². The molecule has 0 saturated carbocycles. The molecule has 3 rings (SSSR count). The highest BCUT2D eigenvalue weighted by molar-refractivity contribution is 5.79. The van der Waals surface area contributed by atoms with Gasteiger partial charge in [0.25, 0.3) is 0 Å². The van der Waals surface area contributed by atoms with Gasteiger partial charge in [-0.15, -0.1) is 6.58 Å². The van der Waals surface area contributed by atoms with E-state index in [-0.39, 0.29) is 18.9 Å². The quantitative estimate of drug-likeness (QED) is 0.559. The van der Waals surface area contributed by atoms with Crippen LogP contribution in [0.5, 0.6) is 5.75 Å². The Morgan fingerprint density at radius 3 is 2.71 bits per heavy atom. The number of hydrogen-bond donors (Lipinski definition) is 0. The van der Waals surface area contributed by atoms with Crippen molar-refractivity contribution < 1.29 is 14.1 Å². The average molecular weight is 377 g/mol. The summed E-state index contributed by atoms with van der Waals surface area (Å²) in [5, 5.41) is 4.04. The lowest BCUT2D eigenvalue weighted by atomic mass is 10.1. The number of ether oxygens (including phenoxy) is 1. The second-order valence-electron chi connectivity index (χ2n) is 6.47. The van der Waals surface area contributed by atoms with Crippen LogP contribution in [0.2, 0.25) is 0 Å². The molecule has 0 unspecified atom stereocenters. The number of carbonyl (C=O) groups excluding carboxylic acids is 1. The van der Waals surface area contributed by atoms with Crippen LogP contribution < -0.4 is 4.74 Å². The highest BCUT2D eigenvalue weighted by Crippen LogP contribution is 2.18. The largest absolute Gasteiger partial charge is 0.497 e. The monoisotopic (exact) mass is 377 g/mol. The minimum Gasteiger partial charge on any atom is -0.497 e. The molecule has 6 nitrogen and oxygen atoms in total. The van der Waals surface area contributed by atoms with Gasteiger partial charge in [0.15, 0.2) is 0 Å². The van der Waals surface area contributed by atoms with Crippen molar-refractivity contribution in [2.75, 3.05) is 13.7 Å². The Balaban J connectivity index is 1.70. The molecule has 2 aromatic carbocycles. The maximum Gasteiger partial charge on any atom is 0.246 e. The van der Waals surface area contributed by atoms with Gasteiger partial charge in [-0.25, -0.2) is 0 Å². The van der Waals surface area contributed by atoms with E-state index in [0.29, 0.717) is 18.3 Å². The first kappa shape index (κ1) is 19.4. The van der Waals surface area contributed by atoms with Gasteiger partial charge in [0, 0.05) is 12.1 Å². The number of benzene rings is 2. The number of nitrogens with zero attached hydrogens (tertiary/aromatic N) is 3. The lowest BCUT2D eigenvalue weighted by Crippen LogP contribution is -2.32. The molecule has 0 aliphatic heterocycles. The smallest absolute Gasteiger partial charge is 0.246 e. The minimum absolute atomic E-state index is 0.0413. The van der Waals surface area contributed by atoms with E-state index in [1.165, 1.54) is 0 Å². The third kappa shape index (κ3) is 4.85. The minimum atomic E-state index is -0.0413. The number of aromatic nitrogens is 2. The number of hydrogen-bond acceptors (Lipinski definition) is 5. The van der Waals surface area contributed by atoms with Crippen LogP contribution in [-0.4, -0.2) is 34.6 Å². The predicted octanol–water partition coefficient (Wildman–Crippen LogP) is 3.81. The Kier molecular flexibility index (Phi) is 6.22. The summed E-state index contributed by atoms with van der Waals surface area (Å²) in [5.74, 6) is 1.62. The van der Waals surface area contributed by atoms with E-state index in [0.717, 1.165) is 22.4 Å². The molecule has 0 radical (unpaired) electrons. The second kappa shape index (κ2) is 8.99. The summed E-state index contributed by atoms with van der Waals surface area (Å²) in [5.41, 5.74) is 2.91. The molecular weight excluding hydrogens is 354 g/mol. The summed E-state index contributed by atoms with van der Waals surface area (Å²) >= 11 is 0. The molecule has 1 heterocycles. The predicted molar refractivity (Wildman–Crippen MR) is 107 cm³/mol. The van der Waals surface area contributed by atoms with Gasteiger partial charge in [-0.3, -0.25) is 4.79 Å². The van der Waals surface area contributed by atoms with E-state index >= 15 is 0 Å². The van der Waals surface area contributed by atoms with Crippen molar-refractivity contribution >= 4 is 5.91 Å². The van der Waals surface area contributed by atoms with Crippen LogP contribution in [0.3, 0.4) is 0 Å². The fourth-order valence-electron chi connectivity index (χ4n) is 2.82. The van der Waals surface area contributed by atoms with E-state index in [1.807, 2.05) is 55.5 Å². The third-order valence-electron chi connectivity index (χ3n) is 4.29. The van der Waals surface area contributed by atoms with Crippen molar-refractivity contribution in [1.82, 2.24) is 15.0 Å². The lowest BCUT2D eigenvalue weighted by molar-refractivity contribution is -0.130. The Bertz CT molecular complexity index is 948. The fourth-order valence-corrected chi connectivity index (χ4v) is 2.82. The fraction of sp³-hybridized carbons (Fsp3) is 0.227. The van der Waals surface area contributed by atoms with Crippen molar-refractivity contribution in [2.24, 2.45) is 0 Å². The molecule has 1 aromatic heterocycles. The Labute approximate surface area is 164 Å². The summed E-state index contributed by atoms with van der Waals surface area (Å²) in [6, 6.07) is 15.3. The molecule has 0 aliphatic carbocycles. The van der Waals surface area contributed by atoms with Crippen molar-refractivity contribution in [2.45, 2.75) is 19.9 Å². The molecule has 0 bridgehead atoms. The Morgan fingerprint density at radius 2 is 2.04 bits per heavy atom. The first-order valence-electron chi connectivity index (χ1n) is 9.00. The maximum absolute atomic E-state index is 12.7. The third-order valence-corrected chi connectivity index (χ3v) is 4.29. The normalized spacial score (nSPS) is 10.5. The standard InChI is InChI=1S/C22H23N3O3/c1-4-12-25(21(26)14-17-8-10-19(27-3)11-9-17)15-20-23-22(24-28-20)18-7-5-6-16(2)13-18/h4-11,13H,1,12,14-15H2,2-3H3. The van der Waals surface area contributed by atoms with E-state index in [9.17, 15) is 4.79 Å². The van der Waals surface area contributed by atoms with Gasteiger partial charge in [0.2, 0.25) is 17.6 Å². The molecule has 28 heavy (non-hydrogen) atoms. The van der Waals surface area contributed by atoms with Crippen LogP contribution in [0, 0.1) is 6.92 Å². The van der Waals surface area contributed by atoms with E-state index < -0.39 is 0 Å². The van der Waals surface area contributed by atoms with Gasteiger partial charge in [-0.05, 0) is 30.7 Å². The number of rotatable bonds is 8. The maximum atomic E-state index is 12.7. The van der Waals surface area contributed by atoms with Crippen LogP contribution in [-0.2, 0) is 17.8 Å². The zero-order chi connectivity index (χ0) is 19.9. The van der Waals surface area contributed by atoms with Gasteiger partial charge < -0.3 is 14.2 Å². The van der Waals surface area contributed by atoms with Gasteiger partial charge in [-0.1, -0.05) is 47.1 Å². The highest BCUT2D eigenvalue weighted by atomic mass is 16.5. The zero-order valence-corrected chi connectivity index (χ0v) is 16.1. The molecule has 3 aromatic rings. The molecule has 0 spiro atoms. The van der Waals surface area contributed by atoms with E-state index in [4.69, 9.17) is 9.26 Å². The SMILES string of the molecule is C=CCN(Cc1nc(-c2cccc(C)c2)no1)C(=O)Cc1ccc(OC)cc1. The van der Waals surface area contributed by atoms with Crippen LogP contribution in [0.15, 0.2) is 65.7 Å².